The fourth-order valence-corrected chi connectivity index (χ4v) is 4.45. The van der Waals surface area contributed by atoms with Crippen molar-refractivity contribution < 1.29 is 0 Å². The Labute approximate surface area is 180 Å². The lowest BCUT2D eigenvalue weighted by Gasteiger charge is -2.48. The van der Waals surface area contributed by atoms with E-state index >= 15 is 0 Å². The van der Waals surface area contributed by atoms with Crippen LogP contribution in [0.25, 0.3) is 0 Å². The number of nitrogens with zero attached hydrogens (tertiary/aromatic N) is 2. The van der Waals surface area contributed by atoms with Crippen molar-refractivity contribution in [3.63, 3.8) is 0 Å². The van der Waals surface area contributed by atoms with E-state index in [1.54, 1.807) is 0 Å². The first-order chi connectivity index (χ1) is 13.8. The van der Waals surface area contributed by atoms with Gasteiger partial charge in [-0.1, -0.05) is 32.0 Å². The number of thiocarbonyl (C=S) groups is 1. The Hall–Kier alpha value is -2.40. The minimum absolute atomic E-state index is 0.182. The first-order valence-electron chi connectivity index (χ1n) is 10.4. The van der Waals surface area contributed by atoms with E-state index in [2.05, 4.69) is 67.5 Å². The third-order valence-electron chi connectivity index (χ3n) is 5.62. The molecular weight excluding hydrogens is 376 g/mol. The van der Waals surface area contributed by atoms with E-state index in [9.17, 15) is 0 Å². The molecule has 2 aromatic carbocycles. The molecule has 3 rings (SSSR count). The lowest BCUT2D eigenvalue weighted by Crippen LogP contribution is -2.48. The van der Waals surface area contributed by atoms with Gasteiger partial charge in [-0.05, 0) is 92.7 Å². The predicted molar refractivity (Wildman–Crippen MR) is 129 cm³/mol. The van der Waals surface area contributed by atoms with Crippen molar-refractivity contribution >= 4 is 34.9 Å². The number of hydrogen-bond donors (Lipinski definition) is 2. The van der Waals surface area contributed by atoms with Crippen LogP contribution in [0, 0.1) is 6.92 Å². The molecule has 0 fully saturated rings. The fourth-order valence-electron chi connectivity index (χ4n) is 4.28. The largest absolute Gasteiger partial charge is 0.366 e. The first-order valence-corrected chi connectivity index (χ1v) is 10.8. The minimum Gasteiger partial charge on any atom is -0.366 e. The van der Waals surface area contributed by atoms with Crippen LogP contribution in [0.2, 0.25) is 0 Å². The molecule has 2 aromatic rings. The Morgan fingerprint density at radius 3 is 2.69 bits per heavy atom. The van der Waals surface area contributed by atoms with Gasteiger partial charge in [0.1, 0.15) is 0 Å². The van der Waals surface area contributed by atoms with Crippen molar-refractivity contribution in [3.05, 3.63) is 59.2 Å². The molecule has 1 atom stereocenters. The van der Waals surface area contributed by atoms with Crippen LogP contribution in [0.1, 0.15) is 63.1 Å². The van der Waals surface area contributed by atoms with Crippen LogP contribution >= 0.6 is 12.2 Å². The quantitative estimate of drug-likeness (QED) is 0.372. The lowest BCUT2D eigenvalue weighted by atomic mass is 9.79. The topological polar surface area (TPSA) is 39.7 Å². The molecule has 0 spiro atoms. The number of aryl methyl sites for hydroxylation is 1. The molecule has 4 nitrogen and oxygen atoms in total. The van der Waals surface area contributed by atoms with E-state index in [-0.39, 0.29) is 5.54 Å². The van der Waals surface area contributed by atoms with Gasteiger partial charge in [-0.15, -0.1) is 0 Å². The minimum atomic E-state index is 0.182. The molecule has 154 valence electrons. The maximum absolute atomic E-state index is 5.33. The predicted octanol–water partition coefficient (Wildman–Crippen LogP) is 5.82. The number of para-hydroxylation sites is 1. The highest BCUT2D eigenvalue weighted by Crippen LogP contribution is 2.44. The Bertz CT molecular complexity index is 889. The number of nitrogens with one attached hydrogen (secondary N) is 2. The van der Waals surface area contributed by atoms with E-state index in [0.717, 1.165) is 30.6 Å². The zero-order chi connectivity index (χ0) is 21.0. The van der Waals surface area contributed by atoms with Gasteiger partial charge in [-0.2, -0.15) is 5.10 Å². The second-order valence-electron chi connectivity index (χ2n) is 8.53. The van der Waals surface area contributed by atoms with Crippen molar-refractivity contribution in [2.45, 2.75) is 58.9 Å². The lowest BCUT2D eigenvalue weighted by molar-refractivity contribution is 0.376. The van der Waals surface area contributed by atoms with E-state index in [1.807, 2.05) is 36.5 Å². The third-order valence-corrected chi connectivity index (χ3v) is 5.82. The normalized spacial score (nSPS) is 17.8. The SMILES string of the molecule is CCCN1c2cc(C)c(/C=N/NC(=S)Nc3ccccc3)cc2C(C)CC1(C)C. The number of hydrazone groups is 1. The van der Waals surface area contributed by atoms with Crippen molar-refractivity contribution in [2.75, 3.05) is 16.8 Å². The summed E-state index contributed by atoms with van der Waals surface area (Å²) >= 11 is 5.33. The molecule has 5 heteroatoms. The molecule has 1 aliphatic heterocycles. The molecular formula is C24H32N4S. The highest BCUT2D eigenvalue weighted by atomic mass is 32.1. The van der Waals surface area contributed by atoms with Gasteiger partial charge < -0.3 is 10.2 Å². The van der Waals surface area contributed by atoms with Crippen LogP contribution in [0.5, 0.6) is 0 Å². The molecule has 1 aliphatic rings. The second kappa shape index (κ2) is 8.95. The number of anilines is 2. The van der Waals surface area contributed by atoms with Gasteiger partial charge in [-0.3, -0.25) is 5.43 Å². The summed E-state index contributed by atoms with van der Waals surface area (Å²) in [6.07, 6.45) is 4.17. The zero-order valence-corrected chi connectivity index (χ0v) is 18.9. The van der Waals surface area contributed by atoms with Crippen molar-refractivity contribution in [2.24, 2.45) is 5.10 Å². The Balaban J connectivity index is 1.77. The van der Waals surface area contributed by atoms with Crippen molar-refractivity contribution in [3.8, 4) is 0 Å². The van der Waals surface area contributed by atoms with E-state index in [1.165, 1.54) is 16.8 Å². The van der Waals surface area contributed by atoms with E-state index in [4.69, 9.17) is 12.2 Å². The molecule has 2 N–H and O–H groups in total. The number of hydrogen-bond acceptors (Lipinski definition) is 3. The molecule has 0 amide bonds. The van der Waals surface area contributed by atoms with Gasteiger partial charge in [0.25, 0.3) is 0 Å². The van der Waals surface area contributed by atoms with Crippen LogP contribution < -0.4 is 15.6 Å². The van der Waals surface area contributed by atoms with Gasteiger partial charge in [0.15, 0.2) is 5.11 Å². The fraction of sp³-hybridized carbons (Fsp3) is 0.417. The highest BCUT2D eigenvalue weighted by molar-refractivity contribution is 7.80. The molecule has 0 bridgehead atoms. The molecule has 0 aliphatic carbocycles. The standard InChI is InChI=1S/C24H32N4S/c1-6-12-28-22-13-17(2)19(14-21(22)18(3)15-24(28,4)5)16-25-27-23(29)26-20-10-8-7-9-11-20/h7-11,13-14,16,18H,6,12,15H2,1-5H3,(H2,26,27,29)/b25-16+. The monoisotopic (exact) mass is 408 g/mol. The van der Waals surface area contributed by atoms with Gasteiger partial charge in [0, 0.05) is 23.5 Å². The molecule has 0 saturated heterocycles. The number of benzene rings is 2. The van der Waals surface area contributed by atoms with Gasteiger partial charge in [0.05, 0.1) is 6.21 Å². The van der Waals surface area contributed by atoms with Gasteiger partial charge in [-0.25, -0.2) is 0 Å². The van der Waals surface area contributed by atoms with Crippen molar-refractivity contribution in [1.29, 1.82) is 0 Å². The van der Waals surface area contributed by atoms with Gasteiger partial charge in [0.2, 0.25) is 0 Å². The average molecular weight is 409 g/mol. The number of rotatable bonds is 5. The zero-order valence-electron chi connectivity index (χ0n) is 18.1. The van der Waals surface area contributed by atoms with Crippen LogP contribution in [0.3, 0.4) is 0 Å². The maximum atomic E-state index is 5.33. The smallest absolute Gasteiger partial charge is 0.191 e. The second-order valence-corrected chi connectivity index (χ2v) is 8.94. The Morgan fingerprint density at radius 1 is 1.28 bits per heavy atom. The molecule has 1 unspecified atom stereocenters. The summed E-state index contributed by atoms with van der Waals surface area (Å²) in [5, 5.41) is 7.97. The average Bonchev–Trinajstić information content (AvgIpc) is 2.66. The molecule has 29 heavy (non-hydrogen) atoms. The van der Waals surface area contributed by atoms with Gasteiger partial charge >= 0.3 is 0 Å². The molecule has 0 radical (unpaired) electrons. The van der Waals surface area contributed by atoms with Crippen LogP contribution in [-0.2, 0) is 0 Å². The summed E-state index contributed by atoms with van der Waals surface area (Å²) in [6.45, 7) is 12.5. The molecule has 1 heterocycles. The van der Waals surface area contributed by atoms with Crippen LogP contribution in [0.15, 0.2) is 47.6 Å². The van der Waals surface area contributed by atoms with Crippen LogP contribution in [-0.4, -0.2) is 23.4 Å². The summed E-state index contributed by atoms with van der Waals surface area (Å²) < 4.78 is 0. The summed E-state index contributed by atoms with van der Waals surface area (Å²) in [5.41, 5.74) is 9.18. The summed E-state index contributed by atoms with van der Waals surface area (Å²) in [4.78, 5) is 2.58. The Morgan fingerprint density at radius 2 is 2.00 bits per heavy atom. The third kappa shape index (κ3) is 4.96. The maximum Gasteiger partial charge on any atom is 0.191 e. The summed E-state index contributed by atoms with van der Waals surface area (Å²) in [6, 6.07) is 14.5. The van der Waals surface area contributed by atoms with E-state index in [0.29, 0.717) is 11.0 Å². The Kier molecular flexibility index (Phi) is 6.58. The molecule has 0 saturated carbocycles. The first kappa shape index (κ1) is 21.3. The highest BCUT2D eigenvalue weighted by Gasteiger charge is 2.36. The summed E-state index contributed by atoms with van der Waals surface area (Å²) in [5.74, 6) is 0.523. The van der Waals surface area contributed by atoms with Crippen molar-refractivity contribution in [1.82, 2.24) is 5.43 Å². The van der Waals surface area contributed by atoms with E-state index < -0.39 is 0 Å². The summed E-state index contributed by atoms with van der Waals surface area (Å²) in [7, 11) is 0. The van der Waals surface area contributed by atoms with Crippen LogP contribution in [0.4, 0.5) is 11.4 Å². The molecule has 0 aromatic heterocycles. The number of fused-ring (bicyclic) bond motifs is 1.